The highest BCUT2D eigenvalue weighted by molar-refractivity contribution is 5.82. The van der Waals surface area contributed by atoms with Gasteiger partial charge in [-0.2, -0.15) is 15.0 Å². The summed E-state index contributed by atoms with van der Waals surface area (Å²) < 4.78 is 16.1. The van der Waals surface area contributed by atoms with Gasteiger partial charge in [-0.25, -0.2) is 0 Å². The third-order valence-electron chi connectivity index (χ3n) is 3.19. The van der Waals surface area contributed by atoms with E-state index >= 15 is 0 Å². The van der Waals surface area contributed by atoms with Gasteiger partial charge in [-0.05, 0) is 19.3 Å². The third kappa shape index (κ3) is 2.60. The molecule has 1 unspecified atom stereocenters. The average Bonchev–Trinajstić information content (AvgIpc) is 2.90. The summed E-state index contributed by atoms with van der Waals surface area (Å²) in [6, 6.07) is 0.559. The van der Waals surface area contributed by atoms with Gasteiger partial charge in [0.05, 0.1) is 13.2 Å². The first kappa shape index (κ1) is 12.9. The zero-order valence-electron chi connectivity index (χ0n) is 11.3. The van der Waals surface area contributed by atoms with Gasteiger partial charge in [-0.1, -0.05) is 0 Å². The number of rotatable bonds is 4. The van der Waals surface area contributed by atoms with Crippen molar-refractivity contribution in [2.75, 3.05) is 26.1 Å². The number of ether oxygens (including phenoxy) is 3. The highest BCUT2D eigenvalue weighted by Gasteiger charge is 2.16. The van der Waals surface area contributed by atoms with Gasteiger partial charge in [0.1, 0.15) is 6.61 Å². The van der Waals surface area contributed by atoms with Crippen LogP contribution >= 0.6 is 0 Å². The summed E-state index contributed by atoms with van der Waals surface area (Å²) in [5.41, 5.74) is 6.80. The minimum atomic E-state index is 0.0978. The Balaban J connectivity index is 1.74. The Bertz CT molecular complexity index is 594. The lowest BCUT2D eigenvalue weighted by molar-refractivity contribution is -0.0128. The first-order valence-electron chi connectivity index (χ1n) is 6.58. The number of H-pyrrole nitrogens is 1. The van der Waals surface area contributed by atoms with E-state index in [4.69, 9.17) is 19.9 Å². The highest BCUT2D eigenvalue weighted by atomic mass is 16.5. The molecule has 3 heterocycles. The maximum Gasteiger partial charge on any atom is 0.320 e. The lowest BCUT2D eigenvalue weighted by atomic mass is 10.1. The molecule has 3 rings (SSSR count). The lowest BCUT2D eigenvalue weighted by Crippen LogP contribution is -2.26. The smallest absolute Gasteiger partial charge is 0.320 e. The van der Waals surface area contributed by atoms with Crippen LogP contribution in [0.4, 0.5) is 5.82 Å². The van der Waals surface area contributed by atoms with Gasteiger partial charge in [0.2, 0.25) is 0 Å². The fourth-order valence-electron chi connectivity index (χ4n) is 2.15. The second-order valence-electron chi connectivity index (χ2n) is 4.63. The van der Waals surface area contributed by atoms with Crippen molar-refractivity contribution in [2.45, 2.75) is 25.4 Å². The van der Waals surface area contributed by atoms with Crippen LogP contribution < -0.4 is 15.2 Å². The van der Waals surface area contributed by atoms with Crippen LogP contribution in [0.3, 0.4) is 0 Å². The average molecular weight is 279 g/mol. The number of anilines is 1. The summed E-state index contributed by atoms with van der Waals surface area (Å²) in [7, 11) is 1.51. The normalized spacial score (nSPS) is 19.1. The van der Waals surface area contributed by atoms with Crippen LogP contribution in [-0.4, -0.2) is 46.4 Å². The molecule has 8 heteroatoms. The van der Waals surface area contributed by atoms with Crippen molar-refractivity contribution in [3.8, 4) is 12.0 Å². The summed E-state index contributed by atoms with van der Waals surface area (Å²) in [4.78, 5) is 15.3. The molecule has 1 aliphatic heterocycles. The van der Waals surface area contributed by atoms with E-state index in [-0.39, 0.29) is 17.9 Å². The summed E-state index contributed by atoms with van der Waals surface area (Å²) in [6.45, 7) is 1.21. The standard InChI is InChI=1S/C12H17N5O3/c1-18-11-14-8-9(13)15-12(17-10(8)16-11)20-6-7-4-2-3-5-19-7/h7H,2-6H2,1H3,(H3,13,14,15,16,17). The minimum absolute atomic E-state index is 0.0978. The van der Waals surface area contributed by atoms with Crippen molar-refractivity contribution in [3.05, 3.63) is 0 Å². The van der Waals surface area contributed by atoms with Crippen molar-refractivity contribution in [1.82, 2.24) is 19.9 Å². The third-order valence-corrected chi connectivity index (χ3v) is 3.19. The van der Waals surface area contributed by atoms with E-state index in [0.29, 0.717) is 23.8 Å². The molecule has 1 atom stereocenters. The lowest BCUT2D eigenvalue weighted by Gasteiger charge is -2.21. The minimum Gasteiger partial charge on any atom is -0.468 e. The van der Waals surface area contributed by atoms with Gasteiger partial charge in [0.15, 0.2) is 17.0 Å². The highest BCUT2D eigenvalue weighted by Crippen LogP contribution is 2.21. The molecular formula is C12H17N5O3. The molecule has 0 amide bonds. The maximum absolute atomic E-state index is 5.83. The molecule has 2 aromatic heterocycles. The number of nitrogen functional groups attached to an aromatic ring is 1. The molecule has 0 saturated carbocycles. The second kappa shape index (κ2) is 5.49. The summed E-state index contributed by atoms with van der Waals surface area (Å²) in [5, 5.41) is 0. The van der Waals surface area contributed by atoms with Crippen molar-refractivity contribution in [1.29, 1.82) is 0 Å². The van der Waals surface area contributed by atoms with Crippen molar-refractivity contribution in [2.24, 2.45) is 0 Å². The Kier molecular flexibility index (Phi) is 3.55. The van der Waals surface area contributed by atoms with Crippen LogP contribution in [0.15, 0.2) is 0 Å². The fraction of sp³-hybridized carbons (Fsp3) is 0.583. The van der Waals surface area contributed by atoms with Gasteiger partial charge in [-0.15, -0.1) is 0 Å². The topological polar surface area (TPSA) is 108 Å². The molecule has 0 aromatic carbocycles. The van der Waals surface area contributed by atoms with Crippen molar-refractivity contribution in [3.63, 3.8) is 0 Å². The van der Waals surface area contributed by atoms with Crippen LogP contribution in [0.2, 0.25) is 0 Å². The van der Waals surface area contributed by atoms with Crippen LogP contribution in [0.5, 0.6) is 12.0 Å². The van der Waals surface area contributed by atoms with Gasteiger partial charge in [-0.3, -0.25) is 4.98 Å². The molecule has 3 N–H and O–H groups in total. The monoisotopic (exact) mass is 279 g/mol. The molecule has 1 saturated heterocycles. The zero-order chi connectivity index (χ0) is 13.9. The molecule has 2 aromatic rings. The fourth-order valence-corrected chi connectivity index (χ4v) is 2.15. The number of nitrogens with two attached hydrogens (primary N) is 1. The largest absolute Gasteiger partial charge is 0.468 e. The Labute approximate surface area is 115 Å². The molecule has 20 heavy (non-hydrogen) atoms. The quantitative estimate of drug-likeness (QED) is 0.855. The molecule has 0 spiro atoms. The van der Waals surface area contributed by atoms with Gasteiger partial charge in [0.25, 0.3) is 6.01 Å². The number of imidazole rings is 1. The maximum atomic E-state index is 5.83. The summed E-state index contributed by atoms with van der Waals surface area (Å²) in [5.74, 6) is 0.258. The second-order valence-corrected chi connectivity index (χ2v) is 4.63. The molecule has 8 nitrogen and oxygen atoms in total. The van der Waals surface area contributed by atoms with E-state index in [1.165, 1.54) is 7.11 Å². The van der Waals surface area contributed by atoms with E-state index in [2.05, 4.69) is 19.9 Å². The molecule has 0 bridgehead atoms. The number of hydrogen-bond acceptors (Lipinski definition) is 7. The number of nitrogens with one attached hydrogen (secondary N) is 1. The van der Waals surface area contributed by atoms with Gasteiger partial charge in [0, 0.05) is 6.61 Å². The van der Waals surface area contributed by atoms with Crippen LogP contribution in [0, 0.1) is 0 Å². The number of hydrogen-bond donors (Lipinski definition) is 2. The molecule has 0 aliphatic carbocycles. The molecular weight excluding hydrogens is 262 g/mol. The summed E-state index contributed by atoms with van der Waals surface area (Å²) >= 11 is 0. The number of aromatic nitrogens is 4. The number of methoxy groups -OCH3 is 1. The Hall–Kier alpha value is -2.09. The Morgan fingerprint density at radius 2 is 2.25 bits per heavy atom. The first-order valence-corrected chi connectivity index (χ1v) is 6.58. The first-order chi connectivity index (χ1) is 9.76. The molecule has 108 valence electrons. The van der Waals surface area contributed by atoms with Crippen molar-refractivity contribution < 1.29 is 14.2 Å². The van der Waals surface area contributed by atoms with Gasteiger partial charge < -0.3 is 19.9 Å². The predicted octanol–water partition coefficient (Wildman–Crippen LogP) is 0.892. The van der Waals surface area contributed by atoms with E-state index in [0.717, 1.165) is 25.9 Å². The number of fused-ring (bicyclic) bond motifs is 1. The predicted molar refractivity (Wildman–Crippen MR) is 71.7 cm³/mol. The summed E-state index contributed by atoms with van der Waals surface area (Å²) in [6.07, 6.45) is 3.36. The number of aromatic amines is 1. The van der Waals surface area contributed by atoms with Crippen LogP contribution in [0.1, 0.15) is 19.3 Å². The van der Waals surface area contributed by atoms with Crippen LogP contribution in [-0.2, 0) is 4.74 Å². The molecule has 1 aliphatic rings. The van der Waals surface area contributed by atoms with Gasteiger partial charge >= 0.3 is 6.01 Å². The SMILES string of the molecule is COc1nc2c(N)nc(OCC3CCCCO3)nc2[nH]1. The van der Waals surface area contributed by atoms with E-state index in [9.17, 15) is 0 Å². The Morgan fingerprint density at radius 1 is 1.35 bits per heavy atom. The molecule has 1 fully saturated rings. The van der Waals surface area contributed by atoms with Crippen LogP contribution in [0.25, 0.3) is 11.2 Å². The zero-order valence-corrected chi connectivity index (χ0v) is 11.3. The van der Waals surface area contributed by atoms with Crippen molar-refractivity contribution >= 4 is 17.0 Å². The van der Waals surface area contributed by atoms with E-state index in [1.807, 2.05) is 0 Å². The van der Waals surface area contributed by atoms with E-state index in [1.54, 1.807) is 0 Å². The van der Waals surface area contributed by atoms with E-state index < -0.39 is 0 Å². The number of nitrogens with zero attached hydrogens (tertiary/aromatic N) is 3. The Morgan fingerprint density at radius 3 is 3.00 bits per heavy atom. The molecule has 0 radical (unpaired) electrons.